The van der Waals surface area contributed by atoms with Crippen molar-refractivity contribution in [3.63, 3.8) is 0 Å². The molecule has 0 radical (unpaired) electrons. The molecular formula is C16H17N3OS. The summed E-state index contributed by atoms with van der Waals surface area (Å²) < 4.78 is 0. The number of amides is 1. The van der Waals surface area contributed by atoms with Crippen molar-refractivity contribution in [2.75, 3.05) is 0 Å². The molecule has 0 aliphatic rings. The second-order valence-corrected chi connectivity index (χ2v) is 6.00. The van der Waals surface area contributed by atoms with Gasteiger partial charge in [-0.2, -0.15) is 5.10 Å². The maximum absolute atomic E-state index is 11.9. The lowest BCUT2D eigenvalue weighted by atomic mass is 10.2. The van der Waals surface area contributed by atoms with Crippen molar-refractivity contribution >= 4 is 23.9 Å². The molecular weight excluding hydrogens is 282 g/mol. The highest BCUT2D eigenvalue weighted by Gasteiger charge is 2.13. The molecule has 0 aliphatic heterocycles. The summed E-state index contributed by atoms with van der Waals surface area (Å²) in [6.07, 6.45) is 4.96. The average molecular weight is 299 g/mol. The second-order valence-electron chi connectivity index (χ2n) is 4.59. The summed E-state index contributed by atoms with van der Waals surface area (Å²) in [7, 11) is 0. The Bertz CT molecular complexity index is 611. The van der Waals surface area contributed by atoms with Crippen molar-refractivity contribution in [1.82, 2.24) is 10.4 Å². The third kappa shape index (κ3) is 5.04. The van der Waals surface area contributed by atoms with Crippen LogP contribution in [0.5, 0.6) is 0 Å². The largest absolute Gasteiger partial charge is 0.272 e. The molecule has 1 aromatic carbocycles. The summed E-state index contributed by atoms with van der Waals surface area (Å²) in [5.74, 6) is -0.120. The molecule has 0 aliphatic carbocycles. The van der Waals surface area contributed by atoms with E-state index >= 15 is 0 Å². The summed E-state index contributed by atoms with van der Waals surface area (Å²) in [5.41, 5.74) is 4.65. The van der Waals surface area contributed by atoms with Gasteiger partial charge in [-0.1, -0.05) is 17.7 Å². The predicted octanol–water partition coefficient (Wildman–Crippen LogP) is 3.02. The highest BCUT2D eigenvalue weighted by molar-refractivity contribution is 8.00. The van der Waals surface area contributed by atoms with E-state index in [-0.39, 0.29) is 11.2 Å². The standard InChI is InChI=1S/C16H17N3OS/c1-12-3-5-15(6-4-12)21-13(2)16(20)19-18-11-14-7-9-17-10-8-14/h3-11,13H,1-2H3,(H,19,20)/b18-11-/t13-/m0/s1. The Morgan fingerprint density at radius 1 is 1.24 bits per heavy atom. The number of pyridine rings is 1. The van der Waals surface area contributed by atoms with Gasteiger partial charge in [0.2, 0.25) is 0 Å². The van der Waals surface area contributed by atoms with Crippen molar-refractivity contribution in [3.05, 3.63) is 59.9 Å². The van der Waals surface area contributed by atoms with Crippen LogP contribution in [0.4, 0.5) is 0 Å². The number of hydrogen-bond donors (Lipinski definition) is 1. The van der Waals surface area contributed by atoms with Crippen LogP contribution in [0.1, 0.15) is 18.1 Å². The smallest absolute Gasteiger partial charge is 0.253 e. The Morgan fingerprint density at radius 2 is 1.90 bits per heavy atom. The van der Waals surface area contributed by atoms with Gasteiger partial charge in [0, 0.05) is 17.3 Å². The lowest BCUT2D eigenvalue weighted by molar-refractivity contribution is -0.120. The predicted molar refractivity (Wildman–Crippen MR) is 86.5 cm³/mol. The SMILES string of the molecule is Cc1ccc(S[C@@H](C)C(=O)N/N=C\c2ccncc2)cc1. The molecule has 1 N–H and O–H groups in total. The van der Waals surface area contributed by atoms with Crippen LogP contribution in [0.2, 0.25) is 0 Å². The molecule has 2 rings (SSSR count). The first-order valence-electron chi connectivity index (χ1n) is 6.61. The van der Waals surface area contributed by atoms with Gasteiger partial charge in [0.1, 0.15) is 0 Å². The number of carbonyl (C=O) groups excluding carboxylic acids is 1. The number of nitrogens with zero attached hydrogens (tertiary/aromatic N) is 2. The van der Waals surface area contributed by atoms with Gasteiger partial charge in [0.25, 0.3) is 5.91 Å². The second kappa shape index (κ2) is 7.59. The third-order valence-corrected chi connectivity index (χ3v) is 3.91. The molecule has 1 amide bonds. The molecule has 108 valence electrons. The fraction of sp³-hybridized carbons (Fsp3) is 0.188. The summed E-state index contributed by atoms with van der Waals surface area (Å²) in [4.78, 5) is 16.9. The number of hydrazone groups is 1. The minimum absolute atomic E-state index is 0.120. The molecule has 4 nitrogen and oxygen atoms in total. The van der Waals surface area contributed by atoms with E-state index in [1.807, 2.05) is 50.2 Å². The zero-order valence-electron chi connectivity index (χ0n) is 12.0. The molecule has 21 heavy (non-hydrogen) atoms. The lowest BCUT2D eigenvalue weighted by Crippen LogP contribution is -2.26. The third-order valence-electron chi connectivity index (χ3n) is 2.80. The fourth-order valence-electron chi connectivity index (χ4n) is 1.59. The van der Waals surface area contributed by atoms with Crippen LogP contribution in [0.15, 0.2) is 58.8 Å². The van der Waals surface area contributed by atoms with E-state index in [4.69, 9.17) is 0 Å². The molecule has 1 heterocycles. The van der Waals surface area contributed by atoms with Crippen LogP contribution in [0.25, 0.3) is 0 Å². The Morgan fingerprint density at radius 3 is 2.57 bits per heavy atom. The van der Waals surface area contributed by atoms with Gasteiger partial charge in [-0.3, -0.25) is 9.78 Å². The molecule has 0 fully saturated rings. The van der Waals surface area contributed by atoms with E-state index in [1.165, 1.54) is 17.3 Å². The van der Waals surface area contributed by atoms with Crippen LogP contribution in [0, 0.1) is 6.92 Å². The van der Waals surface area contributed by atoms with Crippen LogP contribution in [0.3, 0.4) is 0 Å². The molecule has 0 bridgehead atoms. The first kappa shape index (κ1) is 15.3. The fourth-order valence-corrected chi connectivity index (χ4v) is 2.45. The normalized spacial score (nSPS) is 12.3. The maximum Gasteiger partial charge on any atom is 0.253 e. The van der Waals surface area contributed by atoms with Gasteiger partial charge in [0.15, 0.2) is 0 Å². The van der Waals surface area contributed by atoms with Crippen molar-refractivity contribution in [1.29, 1.82) is 0 Å². The van der Waals surface area contributed by atoms with Gasteiger partial charge in [-0.25, -0.2) is 5.43 Å². The van der Waals surface area contributed by atoms with Crippen LogP contribution >= 0.6 is 11.8 Å². The molecule has 1 atom stereocenters. The summed E-state index contributed by atoms with van der Waals surface area (Å²) in [6, 6.07) is 11.7. The highest BCUT2D eigenvalue weighted by Crippen LogP contribution is 2.23. The van der Waals surface area contributed by atoms with Gasteiger partial charge in [-0.05, 0) is 43.7 Å². The minimum atomic E-state index is -0.206. The number of aryl methyl sites for hydroxylation is 1. The van der Waals surface area contributed by atoms with Crippen LogP contribution < -0.4 is 5.43 Å². The number of aromatic nitrogens is 1. The van der Waals surface area contributed by atoms with Crippen molar-refractivity contribution in [3.8, 4) is 0 Å². The van der Waals surface area contributed by atoms with Crippen molar-refractivity contribution in [2.24, 2.45) is 5.10 Å². The summed E-state index contributed by atoms with van der Waals surface area (Å²) in [6.45, 7) is 3.90. The van der Waals surface area contributed by atoms with Crippen molar-refractivity contribution in [2.45, 2.75) is 24.0 Å². The van der Waals surface area contributed by atoms with Gasteiger partial charge in [0.05, 0.1) is 11.5 Å². The monoisotopic (exact) mass is 299 g/mol. The van der Waals surface area contributed by atoms with E-state index in [9.17, 15) is 4.79 Å². The van der Waals surface area contributed by atoms with Gasteiger partial charge >= 0.3 is 0 Å². The Kier molecular flexibility index (Phi) is 5.51. The molecule has 0 saturated carbocycles. The number of carbonyl (C=O) groups is 1. The lowest BCUT2D eigenvalue weighted by Gasteiger charge is -2.09. The van der Waals surface area contributed by atoms with E-state index in [0.29, 0.717) is 0 Å². The van der Waals surface area contributed by atoms with E-state index < -0.39 is 0 Å². The first-order chi connectivity index (χ1) is 10.1. The maximum atomic E-state index is 11.9. The van der Waals surface area contributed by atoms with Gasteiger partial charge in [-0.15, -0.1) is 11.8 Å². The van der Waals surface area contributed by atoms with Crippen LogP contribution in [-0.2, 0) is 4.79 Å². The Labute approximate surface area is 128 Å². The number of thioether (sulfide) groups is 1. The van der Waals surface area contributed by atoms with E-state index in [1.54, 1.807) is 18.6 Å². The average Bonchev–Trinajstić information content (AvgIpc) is 2.50. The Balaban J connectivity index is 1.85. The Hall–Kier alpha value is -2.14. The topological polar surface area (TPSA) is 54.4 Å². The van der Waals surface area contributed by atoms with E-state index in [2.05, 4.69) is 15.5 Å². The van der Waals surface area contributed by atoms with Gasteiger partial charge < -0.3 is 0 Å². The van der Waals surface area contributed by atoms with E-state index in [0.717, 1.165) is 10.5 Å². The molecule has 0 unspecified atom stereocenters. The molecule has 1 aromatic heterocycles. The zero-order chi connectivity index (χ0) is 15.1. The zero-order valence-corrected chi connectivity index (χ0v) is 12.8. The van der Waals surface area contributed by atoms with Crippen LogP contribution in [-0.4, -0.2) is 22.4 Å². The number of nitrogens with one attached hydrogen (secondary N) is 1. The summed E-state index contributed by atoms with van der Waals surface area (Å²) in [5, 5.41) is 3.75. The molecule has 0 spiro atoms. The highest BCUT2D eigenvalue weighted by atomic mass is 32.2. The number of rotatable bonds is 5. The molecule has 0 saturated heterocycles. The minimum Gasteiger partial charge on any atom is -0.272 e. The molecule has 2 aromatic rings. The van der Waals surface area contributed by atoms with Crippen molar-refractivity contribution < 1.29 is 4.79 Å². The molecule has 5 heteroatoms. The first-order valence-corrected chi connectivity index (χ1v) is 7.49. The number of benzene rings is 1. The summed E-state index contributed by atoms with van der Waals surface area (Å²) >= 11 is 1.51. The quantitative estimate of drug-likeness (QED) is 0.524. The number of hydrogen-bond acceptors (Lipinski definition) is 4.